The molecule has 0 saturated heterocycles. The molecule has 0 heterocycles. The summed E-state index contributed by atoms with van der Waals surface area (Å²) in [6.45, 7) is 0. The molecule has 0 radical (unpaired) electrons. The molecule has 1 unspecified atom stereocenters. The maximum absolute atomic E-state index is 9.32. The Labute approximate surface area is 99.4 Å². The van der Waals surface area contributed by atoms with Gasteiger partial charge in [-0.3, -0.25) is 5.32 Å². The Morgan fingerprint density at radius 3 is 2.00 bits per heavy atom. The van der Waals surface area contributed by atoms with Crippen LogP contribution in [0.2, 0.25) is 0 Å². The molecule has 2 rings (SSSR count). The Balaban J connectivity index is 1.84. The predicted molar refractivity (Wildman–Crippen MR) is 66.0 cm³/mol. The number of hydrogen-bond acceptors (Lipinski definition) is 2. The average molecular weight is 220 g/mol. The molecule has 1 N–H and O–H groups in total. The molecular formula is C14H24N2. The van der Waals surface area contributed by atoms with E-state index in [-0.39, 0.29) is 6.04 Å². The molecule has 0 aromatic carbocycles. The van der Waals surface area contributed by atoms with Crippen molar-refractivity contribution >= 4 is 0 Å². The summed E-state index contributed by atoms with van der Waals surface area (Å²) >= 11 is 0. The molecule has 0 aliphatic heterocycles. The minimum absolute atomic E-state index is 0.126. The maximum Gasteiger partial charge on any atom is 0.0983 e. The van der Waals surface area contributed by atoms with E-state index < -0.39 is 0 Å². The second kappa shape index (κ2) is 6.25. The normalized spacial score (nSPS) is 26.2. The van der Waals surface area contributed by atoms with Crippen molar-refractivity contribution in [3.8, 4) is 6.07 Å². The fourth-order valence-corrected chi connectivity index (χ4v) is 3.27. The quantitative estimate of drug-likeness (QED) is 0.740. The van der Waals surface area contributed by atoms with Crippen LogP contribution in [0.5, 0.6) is 0 Å². The second-order valence-electron chi connectivity index (χ2n) is 5.51. The van der Waals surface area contributed by atoms with Crippen LogP contribution in [0.25, 0.3) is 0 Å². The summed E-state index contributed by atoms with van der Waals surface area (Å²) in [5, 5.41) is 12.9. The van der Waals surface area contributed by atoms with E-state index in [0.717, 1.165) is 0 Å². The van der Waals surface area contributed by atoms with E-state index in [9.17, 15) is 5.26 Å². The lowest BCUT2D eigenvalue weighted by molar-refractivity contribution is 0.339. The molecule has 90 valence electrons. The smallest absolute Gasteiger partial charge is 0.0983 e. The molecule has 0 aromatic rings. The third-order valence-corrected chi connectivity index (χ3v) is 4.28. The summed E-state index contributed by atoms with van der Waals surface area (Å²) < 4.78 is 0. The summed E-state index contributed by atoms with van der Waals surface area (Å²) in [7, 11) is 0. The third kappa shape index (κ3) is 3.22. The van der Waals surface area contributed by atoms with Gasteiger partial charge in [-0.1, -0.05) is 38.5 Å². The molecule has 0 aromatic heterocycles. The van der Waals surface area contributed by atoms with E-state index in [1.54, 1.807) is 0 Å². The molecule has 2 fully saturated rings. The number of nitriles is 1. The minimum Gasteiger partial charge on any atom is -0.299 e. The molecule has 2 heteroatoms. The molecule has 1 atom stereocenters. The van der Waals surface area contributed by atoms with E-state index in [2.05, 4.69) is 11.4 Å². The number of hydrogen-bond donors (Lipinski definition) is 1. The van der Waals surface area contributed by atoms with E-state index in [0.29, 0.717) is 12.0 Å². The Hall–Kier alpha value is -0.550. The van der Waals surface area contributed by atoms with Crippen LogP contribution < -0.4 is 5.32 Å². The van der Waals surface area contributed by atoms with Gasteiger partial charge in [0, 0.05) is 6.04 Å². The molecule has 0 bridgehead atoms. The van der Waals surface area contributed by atoms with Crippen LogP contribution in [-0.4, -0.2) is 12.1 Å². The monoisotopic (exact) mass is 220 g/mol. The van der Waals surface area contributed by atoms with Crippen LogP contribution in [-0.2, 0) is 0 Å². The standard InChI is InChI=1S/C14H24N2/c15-11-14(16-13-9-5-6-10-13)12-7-3-1-2-4-8-12/h12-14,16H,1-10H2. The first-order valence-electron chi connectivity index (χ1n) is 7.06. The number of rotatable bonds is 3. The average Bonchev–Trinajstić information content (AvgIpc) is 2.67. The minimum atomic E-state index is 0.126. The van der Waals surface area contributed by atoms with Crippen LogP contribution in [0.1, 0.15) is 64.2 Å². The third-order valence-electron chi connectivity index (χ3n) is 4.28. The van der Waals surface area contributed by atoms with Gasteiger partial charge < -0.3 is 0 Å². The van der Waals surface area contributed by atoms with E-state index in [1.165, 1.54) is 64.2 Å². The van der Waals surface area contributed by atoms with Crippen molar-refractivity contribution in [3.05, 3.63) is 0 Å². The van der Waals surface area contributed by atoms with Gasteiger partial charge in [0.05, 0.1) is 12.1 Å². The van der Waals surface area contributed by atoms with Crippen molar-refractivity contribution in [2.24, 2.45) is 5.92 Å². The van der Waals surface area contributed by atoms with Crippen LogP contribution >= 0.6 is 0 Å². The zero-order chi connectivity index (χ0) is 11.2. The highest BCUT2D eigenvalue weighted by Gasteiger charge is 2.26. The van der Waals surface area contributed by atoms with Gasteiger partial charge in [0.2, 0.25) is 0 Å². The fraction of sp³-hybridized carbons (Fsp3) is 0.929. The molecule has 2 aliphatic carbocycles. The predicted octanol–water partition coefficient (Wildman–Crippen LogP) is 3.38. The zero-order valence-electron chi connectivity index (χ0n) is 10.3. The molecule has 2 aliphatic rings. The first kappa shape index (κ1) is 11.9. The lowest BCUT2D eigenvalue weighted by Gasteiger charge is -2.24. The summed E-state index contributed by atoms with van der Waals surface area (Å²) in [6, 6.07) is 3.27. The van der Waals surface area contributed by atoms with Crippen LogP contribution in [0, 0.1) is 17.2 Å². The summed E-state index contributed by atoms with van der Waals surface area (Å²) in [5.41, 5.74) is 0. The highest BCUT2D eigenvalue weighted by Crippen LogP contribution is 2.27. The molecule has 0 spiro atoms. The highest BCUT2D eigenvalue weighted by molar-refractivity contribution is 4.97. The number of nitrogens with one attached hydrogen (secondary N) is 1. The lowest BCUT2D eigenvalue weighted by atomic mass is 9.92. The largest absolute Gasteiger partial charge is 0.299 e. The topological polar surface area (TPSA) is 35.8 Å². The number of nitrogens with zero attached hydrogens (tertiary/aromatic N) is 1. The zero-order valence-corrected chi connectivity index (χ0v) is 10.3. The highest BCUT2D eigenvalue weighted by atomic mass is 15.0. The van der Waals surface area contributed by atoms with Crippen molar-refractivity contribution in [1.29, 1.82) is 5.26 Å². The first-order valence-corrected chi connectivity index (χ1v) is 7.06. The van der Waals surface area contributed by atoms with Gasteiger partial charge in [-0.25, -0.2) is 0 Å². The van der Waals surface area contributed by atoms with Gasteiger partial charge in [0.1, 0.15) is 0 Å². The van der Waals surface area contributed by atoms with Gasteiger partial charge in [-0.2, -0.15) is 5.26 Å². The van der Waals surface area contributed by atoms with Crippen LogP contribution in [0.4, 0.5) is 0 Å². The summed E-state index contributed by atoms with van der Waals surface area (Å²) in [4.78, 5) is 0. The van der Waals surface area contributed by atoms with Crippen LogP contribution in [0.15, 0.2) is 0 Å². The van der Waals surface area contributed by atoms with E-state index in [4.69, 9.17) is 0 Å². The molecule has 2 nitrogen and oxygen atoms in total. The maximum atomic E-state index is 9.32. The van der Waals surface area contributed by atoms with Gasteiger partial charge in [0.15, 0.2) is 0 Å². The van der Waals surface area contributed by atoms with E-state index >= 15 is 0 Å². The van der Waals surface area contributed by atoms with Crippen LogP contribution in [0.3, 0.4) is 0 Å². The summed E-state index contributed by atoms with van der Waals surface area (Å²) in [5.74, 6) is 0.619. The Bertz CT molecular complexity index is 230. The SMILES string of the molecule is N#CC(NC1CCCC1)C1CCCCCC1. The fourth-order valence-electron chi connectivity index (χ4n) is 3.27. The second-order valence-corrected chi connectivity index (χ2v) is 5.51. The van der Waals surface area contributed by atoms with Crippen molar-refractivity contribution in [2.75, 3.05) is 0 Å². The molecule has 0 amide bonds. The van der Waals surface area contributed by atoms with Gasteiger partial charge in [0.25, 0.3) is 0 Å². The molecule has 2 saturated carbocycles. The van der Waals surface area contributed by atoms with Gasteiger partial charge >= 0.3 is 0 Å². The Kier molecular flexibility index (Phi) is 4.66. The van der Waals surface area contributed by atoms with Gasteiger partial charge in [-0.15, -0.1) is 0 Å². The first-order chi connectivity index (χ1) is 7.90. The Morgan fingerprint density at radius 1 is 0.875 bits per heavy atom. The summed E-state index contributed by atoms with van der Waals surface area (Å²) in [6.07, 6.45) is 13.2. The van der Waals surface area contributed by atoms with Gasteiger partial charge in [-0.05, 0) is 31.6 Å². The molecule has 16 heavy (non-hydrogen) atoms. The van der Waals surface area contributed by atoms with Crippen molar-refractivity contribution in [1.82, 2.24) is 5.32 Å². The van der Waals surface area contributed by atoms with Crippen molar-refractivity contribution in [3.63, 3.8) is 0 Å². The van der Waals surface area contributed by atoms with Crippen molar-refractivity contribution in [2.45, 2.75) is 76.3 Å². The van der Waals surface area contributed by atoms with Crippen molar-refractivity contribution < 1.29 is 0 Å². The van der Waals surface area contributed by atoms with E-state index in [1.807, 2.05) is 0 Å². The Morgan fingerprint density at radius 2 is 1.44 bits per heavy atom. The molecular weight excluding hydrogens is 196 g/mol. The lowest BCUT2D eigenvalue weighted by Crippen LogP contribution is -2.40.